The van der Waals surface area contributed by atoms with Crippen molar-refractivity contribution in [1.82, 2.24) is 0 Å². The largest absolute Gasteiger partial charge is 0.472 e. The molecule has 1 unspecified atom stereocenters. The number of quaternary nitrogens is 1. The molecule has 9 nitrogen and oxygen atoms in total. The van der Waals surface area contributed by atoms with Crippen LogP contribution in [-0.2, 0) is 32.7 Å². The van der Waals surface area contributed by atoms with E-state index in [-0.39, 0.29) is 26.1 Å². The molecule has 0 amide bonds. The van der Waals surface area contributed by atoms with Crippen LogP contribution in [0, 0.1) is 0 Å². The lowest BCUT2D eigenvalue weighted by molar-refractivity contribution is -0.870. The van der Waals surface area contributed by atoms with Gasteiger partial charge in [0.25, 0.3) is 0 Å². The third-order valence-corrected chi connectivity index (χ3v) is 10.4. The predicted molar refractivity (Wildman–Crippen MR) is 252 cm³/mol. The summed E-state index contributed by atoms with van der Waals surface area (Å²) < 4.78 is 34.3. The van der Waals surface area contributed by atoms with Gasteiger partial charge >= 0.3 is 19.8 Å². The minimum Gasteiger partial charge on any atom is -0.462 e. The SMILES string of the molecule is CC/C=C\C/C=C\C/C=C\C/C=C\C/C=C\CCCC(=O)OC[C@H](COP(=O)(O)OCC[N+](C)(C)C)OC(=O)CCCCCCCCCCC/C=C\C/C=C\CCCCC. The quantitative estimate of drug-likeness (QED) is 0.0213. The molecule has 0 fully saturated rings. The van der Waals surface area contributed by atoms with Gasteiger partial charge in [0.1, 0.15) is 19.8 Å². The van der Waals surface area contributed by atoms with Gasteiger partial charge in [0.05, 0.1) is 27.7 Å². The van der Waals surface area contributed by atoms with Crippen molar-refractivity contribution in [1.29, 1.82) is 0 Å². The Morgan fingerprint density at radius 1 is 0.533 bits per heavy atom. The summed E-state index contributed by atoms with van der Waals surface area (Å²) >= 11 is 0. The zero-order chi connectivity index (χ0) is 44.3. The van der Waals surface area contributed by atoms with Crippen LogP contribution in [0.4, 0.5) is 0 Å². The summed E-state index contributed by atoms with van der Waals surface area (Å²) in [4.78, 5) is 35.4. The number of carbonyl (C=O) groups is 2. The van der Waals surface area contributed by atoms with E-state index in [1.165, 1.54) is 57.8 Å². The summed E-state index contributed by atoms with van der Waals surface area (Å²) in [5, 5.41) is 0. The first-order chi connectivity index (χ1) is 29.0. The molecule has 0 aliphatic carbocycles. The number of hydrogen-bond acceptors (Lipinski definition) is 7. The zero-order valence-electron chi connectivity index (χ0n) is 38.7. The van der Waals surface area contributed by atoms with Crippen molar-refractivity contribution in [2.75, 3.05) is 47.5 Å². The van der Waals surface area contributed by atoms with E-state index in [0.717, 1.165) is 70.6 Å². The first-order valence-electron chi connectivity index (χ1n) is 23.3. The van der Waals surface area contributed by atoms with Gasteiger partial charge in [0, 0.05) is 12.8 Å². The Hall–Kier alpha value is -2.81. The molecule has 0 aromatic heterocycles. The summed E-state index contributed by atoms with van der Waals surface area (Å²) in [5.41, 5.74) is 0. The Kier molecular flexibility index (Phi) is 39.6. The number of phosphoric ester groups is 1. The lowest BCUT2D eigenvalue weighted by Gasteiger charge is -2.24. The number of hydrogen-bond donors (Lipinski definition) is 1. The minimum absolute atomic E-state index is 0.0176. The van der Waals surface area contributed by atoms with Gasteiger partial charge in [-0.1, -0.05) is 157 Å². The second-order valence-electron chi connectivity index (χ2n) is 16.4. The van der Waals surface area contributed by atoms with Crippen LogP contribution in [-0.4, -0.2) is 74.9 Å². The molecule has 0 aliphatic heterocycles. The van der Waals surface area contributed by atoms with Crippen molar-refractivity contribution in [3.63, 3.8) is 0 Å². The van der Waals surface area contributed by atoms with Gasteiger partial charge < -0.3 is 18.9 Å². The molecule has 0 bridgehead atoms. The summed E-state index contributed by atoms with van der Waals surface area (Å²) in [7, 11) is 1.43. The monoisotopic (exact) mass is 861 g/mol. The predicted octanol–water partition coefficient (Wildman–Crippen LogP) is 13.6. The third kappa shape index (κ3) is 44.7. The maximum absolute atomic E-state index is 12.7. The van der Waals surface area contributed by atoms with Crippen molar-refractivity contribution in [2.45, 2.75) is 174 Å². The second-order valence-corrected chi connectivity index (χ2v) is 17.9. The van der Waals surface area contributed by atoms with E-state index in [1.54, 1.807) is 0 Å². The normalized spacial score (nSPS) is 14.3. The molecular weight excluding hydrogens is 774 g/mol. The molecule has 1 N–H and O–H groups in total. The van der Waals surface area contributed by atoms with Crippen molar-refractivity contribution in [3.05, 3.63) is 85.1 Å². The molecule has 0 heterocycles. The van der Waals surface area contributed by atoms with Gasteiger partial charge in [0.2, 0.25) is 0 Å². The Morgan fingerprint density at radius 3 is 1.47 bits per heavy atom. The smallest absolute Gasteiger partial charge is 0.462 e. The van der Waals surface area contributed by atoms with Crippen LogP contribution in [0.25, 0.3) is 0 Å². The molecule has 0 saturated carbocycles. The fraction of sp³-hybridized carbons (Fsp3) is 0.680. The van der Waals surface area contributed by atoms with Gasteiger partial charge in [-0.3, -0.25) is 18.6 Å². The van der Waals surface area contributed by atoms with Crippen molar-refractivity contribution in [3.8, 4) is 0 Å². The summed E-state index contributed by atoms with van der Waals surface area (Å²) in [6, 6.07) is 0. The topological polar surface area (TPSA) is 108 Å². The number of rotatable bonds is 41. The van der Waals surface area contributed by atoms with E-state index in [1.807, 2.05) is 21.1 Å². The van der Waals surface area contributed by atoms with Crippen LogP contribution in [0.3, 0.4) is 0 Å². The van der Waals surface area contributed by atoms with E-state index >= 15 is 0 Å². The minimum atomic E-state index is -4.40. The number of unbranched alkanes of at least 4 members (excludes halogenated alkanes) is 13. The Balaban J connectivity index is 4.43. The number of allylic oxidation sites excluding steroid dienone is 14. The number of nitrogens with zero attached hydrogens (tertiary/aromatic N) is 1. The van der Waals surface area contributed by atoms with E-state index in [0.29, 0.717) is 23.9 Å². The summed E-state index contributed by atoms with van der Waals surface area (Å²) in [5.74, 6) is -0.878. The summed E-state index contributed by atoms with van der Waals surface area (Å²) in [6.07, 6.45) is 53.5. The highest BCUT2D eigenvalue weighted by Gasteiger charge is 2.27. The first-order valence-corrected chi connectivity index (χ1v) is 24.8. The van der Waals surface area contributed by atoms with Crippen LogP contribution in [0.5, 0.6) is 0 Å². The van der Waals surface area contributed by atoms with Crippen LogP contribution < -0.4 is 0 Å². The Bertz CT molecular complexity index is 1290. The standard InChI is InChI=1S/C50H86NO8P/c1-6-8-10-12-14-16-18-20-22-24-25-27-29-31-33-35-37-39-41-43-50(53)59-48(47-58-60(54,55)57-45-44-51(3,4)5)46-56-49(52)42-40-38-36-34-32-30-28-26-23-21-19-17-15-13-11-9-7-2/h9,11,14-17,20-23,28,30,34,36,48H,6-8,10,12-13,18-19,24-27,29,31-33,35,37-47H2,1-5H3/p+1/b11-9-,16-14-,17-15-,22-20-,23-21-,30-28-,36-34-/t48-/m1/s1. The lowest BCUT2D eigenvalue weighted by atomic mass is 10.1. The number of likely N-dealkylation sites (N-methyl/N-ethyl adjacent to an activating group) is 1. The third-order valence-electron chi connectivity index (χ3n) is 9.41. The molecule has 0 aliphatic rings. The molecule has 0 rings (SSSR count). The molecule has 2 atom stereocenters. The maximum atomic E-state index is 12.7. The average molecular weight is 861 g/mol. The lowest BCUT2D eigenvalue weighted by Crippen LogP contribution is -2.37. The molecule has 0 spiro atoms. The number of carbonyl (C=O) groups excluding carboxylic acids is 2. The van der Waals surface area contributed by atoms with E-state index in [2.05, 4.69) is 98.9 Å². The Morgan fingerprint density at radius 2 is 0.967 bits per heavy atom. The molecule has 344 valence electrons. The van der Waals surface area contributed by atoms with Crippen LogP contribution in [0.2, 0.25) is 0 Å². The number of phosphoric acid groups is 1. The molecular formula is C50H87NO8P+. The highest BCUT2D eigenvalue weighted by Crippen LogP contribution is 2.43. The van der Waals surface area contributed by atoms with Crippen LogP contribution in [0.15, 0.2) is 85.1 Å². The van der Waals surface area contributed by atoms with Gasteiger partial charge in [-0.05, 0) is 83.5 Å². The van der Waals surface area contributed by atoms with E-state index < -0.39 is 32.5 Å². The highest BCUT2D eigenvalue weighted by atomic mass is 31.2. The molecule has 60 heavy (non-hydrogen) atoms. The molecule has 0 aromatic rings. The van der Waals surface area contributed by atoms with Crippen molar-refractivity contribution >= 4 is 19.8 Å². The molecule has 10 heteroatoms. The van der Waals surface area contributed by atoms with Gasteiger partial charge in [-0.15, -0.1) is 0 Å². The molecule has 0 radical (unpaired) electrons. The maximum Gasteiger partial charge on any atom is 0.472 e. The fourth-order valence-corrected chi connectivity index (χ4v) is 6.53. The second kappa shape index (κ2) is 41.5. The number of ether oxygens (including phenoxy) is 2. The average Bonchev–Trinajstić information content (AvgIpc) is 3.20. The fourth-order valence-electron chi connectivity index (χ4n) is 5.78. The van der Waals surface area contributed by atoms with Gasteiger partial charge in [-0.2, -0.15) is 0 Å². The molecule has 0 aromatic carbocycles. The highest BCUT2D eigenvalue weighted by molar-refractivity contribution is 7.47. The van der Waals surface area contributed by atoms with Gasteiger partial charge in [0.15, 0.2) is 6.10 Å². The van der Waals surface area contributed by atoms with Crippen molar-refractivity contribution in [2.24, 2.45) is 0 Å². The van der Waals surface area contributed by atoms with E-state index in [9.17, 15) is 19.0 Å². The number of esters is 2. The summed E-state index contributed by atoms with van der Waals surface area (Å²) in [6.45, 7) is 4.20. The zero-order valence-corrected chi connectivity index (χ0v) is 39.6. The molecule has 0 saturated heterocycles. The van der Waals surface area contributed by atoms with Crippen molar-refractivity contribution < 1.29 is 42.1 Å². The van der Waals surface area contributed by atoms with E-state index in [4.69, 9.17) is 18.5 Å². The Labute approximate surface area is 367 Å². The van der Waals surface area contributed by atoms with Gasteiger partial charge in [-0.25, -0.2) is 4.57 Å². The first kappa shape index (κ1) is 57.2. The van der Waals surface area contributed by atoms with Crippen LogP contribution >= 0.6 is 7.82 Å². The van der Waals surface area contributed by atoms with Crippen LogP contribution in [0.1, 0.15) is 168 Å².